The highest BCUT2D eigenvalue weighted by Gasteiger charge is 2.52. The summed E-state index contributed by atoms with van der Waals surface area (Å²) in [5.41, 5.74) is 2.08. The average Bonchev–Trinajstić information content (AvgIpc) is 3.69. The Morgan fingerprint density at radius 3 is 2.71 bits per heavy atom. The molecule has 1 saturated heterocycles. The highest BCUT2D eigenvalue weighted by atomic mass is 16.5. The second-order valence-corrected chi connectivity index (χ2v) is 10.6. The van der Waals surface area contributed by atoms with Crippen LogP contribution in [0.25, 0.3) is 0 Å². The second kappa shape index (κ2) is 12.9. The molecule has 0 spiro atoms. The van der Waals surface area contributed by atoms with Crippen molar-refractivity contribution >= 4 is 18.1 Å². The zero-order valence-corrected chi connectivity index (χ0v) is 23.7. The van der Waals surface area contributed by atoms with Crippen LogP contribution in [0.5, 0.6) is 17.2 Å². The molecule has 2 aromatic carbocycles. The first-order valence-electron chi connectivity index (χ1n) is 14.0. The van der Waals surface area contributed by atoms with E-state index in [-0.39, 0.29) is 43.7 Å². The molecule has 11 heteroatoms. The maximum absolute atomic E-state index is 13.9. The number of aldehydes is 1. The molecule has 1 aliphatic carbocycles. The molecule has 0 saturated carbocycles. The lowest BCUT2D eigenvalue weighted by atomic mass is 9.77. The van der Waals surface area contributed by atoms with Crippen LogP contribution in [-0.4, -0.2) is 98.6 Å². The minimum atomic E-state index is -1.21. The van der Waals surface area contributed by atoms with Crippen LogP contribution in [0.3, 0.4) is 0 Å². The molecule has 2 amide bonds. The van der Waals surface area contributed by atoms with Crippen molar-refractivity contribution in [3.05, 3.63) is 64.7 Å². The lowest BCUT2D eigenvalue weighted by Crippen LogP contribution is -2.57. The van der Waals surface area contributed by atoms with E-state index < -0.39 is 30.1 Å². The van der Waals surface area contributed by atoms with Crippen molar-refractivity contribution in [1.29, 1.82) is 0 Å². The third kappa shape index (κ3) is 5.72. The van der Waals surface area contributed by atoms with Crippen LogP contribution in [-0.2, 0) is 20.7 Å². The standard InChI is InChI=1S/C31H36N2O9/c1-39-21-5-3-4-18(12-21)6-9-33(31(38)20-7-11-41-17-20)24-15-23(30(37)32-8-10-34)26-22-13-19(16-35)14-25(40-2)28(22)42-29(26)27(24)36/h3-5,12-16,20,24,26-27,29,34,36H,6-11,17H2,1-2H3,(H,32,37)/t20?,24-,26+,27+,29+/m1/s1. The van der Waals surface area contributed by atoms with E-state index in [2.05, 4.69) is 5.32 Å². The van der Waals surface area contributed by atoms with Gasteiger partial charge in [-0.05, 0) is 48.7 Å². The fourth-order valence-electron chi connectivity index (χ4n) is 6.01. The predicted molar refractivity (Wildman–Crippen MR) is 151 cm³/mol. The Morgan fingerprint density at radius 2 is 2.02 bits per heavy atom. The molecule has 1 fully saturated rings. The van der Waals surface area contributed by atoms with Gasteiger partial charge in [-0.3, -0.25) is 14.4 Å². The molecular weight excluding hydrogens is 544 g/mol. The fourth-order valence-corrected chi connectivity index (χ4v) is 6.01. The molecule has 11 nitrogen and oxygen atoms in total. The number of benzene rings is 2. The zero-order valence-electron chi connectivity index (χ0n) is 23.7. The Hall–Kier alpha value is -3.93. The van der Waals surface area contributed by atoms with Gasteiger partial charge in [0.15, 0.2) is 11.5 Å². The second-order valence-electron chi connectivity index (χ2n) is 10.6. The zero-order chi connectivity index (χ0) is 29.8. The van der Waals surface area contributed by atoms with Gasteiger partial charge >= 0.3 is 0 Å². The first-order valence-corrected chi connectivity index (χ1v) is 14.0. The molecule has 5 rings (SSSR count). The van der Waals surface area contributed by atoms with Crippen molar-refractivity contribution in [2.45, 2.75) is 37.0 Å². The number of amides is 2. The van der Waals surface area contributed by atoms with E-state index in [1.165, 1.54) is 13.2 Å². The first-order chi connectivity index (χ1) is 20.4. The van der Waals surface area contributed by atoms with E-state index in [0.29, 0.717) is 54.1 Å². The van der Waals surface area contributed by atoms with Crippen LogP contribution < -0.4 is 19.5 Å². The van der Waals surface area contributed by atoms with Gasteiger partial charge in [-0.15, -0.1) is 0 Å². The summed E-state index contributed by atoms with van der Waals surface area (Å²) in [7, 11) is 3.03. The fraction of sp³-hybridized carbons (Fsp3) is 0.452. The number of nitrogens with one attached hydrogen (secondary N) is 1. The Morgan fingerprint density at radius 1 is 1.19 bits per heavy atom. The summed E-state index contributed by atoms with van der Waals surface area (Å²) in [6.45, 7) is 0.770. The molecule has 2 heterocycles. The monoisotopic (exact) mass is 580 g/mol. The van der Waals surface area contributed by atoms with E-state index >= 15 is 0 Å². The number of aliphatic hydroxyl groups excluding tert-OH is 2. The maximum Gasteiger partial charge on any atom is 0.247 e. The third-order valence-electron chi connectivity index (χ3n) is 8.11. The highest BCUT2D eigenvalue weighted by Crippen LogP contribution is 2.51. The van der Waals surface area contributed by atoms with Crippen LogP contribution in [0.2, 0.25) is 0 Å². The van der Waals surface area contributed by atoms with Crippen LogP contribution in [0, 0.1) is 5.92 Å². The van der Waals surface area contributed by atoms with E-state index in [0.717, 1.165) is 5.56 Å². The summed E-state index contributed by atoms with van der Waals surface area (Å²) in [4.78, 5) is 40.7. The molecule has 1 unspecified atom stereocenters. The number of nitrogens with zero attached hydrogens (tertiary/aromatic N) is 1. The van der Waals surface area contributed by atoms with Crippen molar-refractivity contribution < 1.29 is 43.5 Å². The highest BCUT2D eigenvalue weighted by molar-refractivity contribution is 5.96. The topological polar surface area (TPSA) is 144 Å². The lowest BCUT2D eigenvalue weighted by molar-refractivity contribution is -0.141. The van der Waals surface area contributed by atoms with Crippen LogP contribution >= 0.6 is 0 Å². The summed E-state index contributed by atoms with van der Waals surface area (Å²) in [6, 6.07) is 9.81. The van der Waals surface area contributed by atoms with Gasteiger partial charge in [0.1, 0.15) is 24.2 Å². The molecule has 42 heavy (non-hydrogen) atoms. The lowest BCUT2D eigenvalue weighted by Gasteiger charge is -2.41. The van der Waals surface area contributed by atoms with Crippen molar-refractivity contribution in [3.8, 4) is 17.2 Å². The van der Waals surface area contributed by atoms with Gasteiger partial charge in [-0.25, -0.2) is 0 Å². The molecule has 2 aliphatic heterocycles. The molecule has 0 bridgehead atoms. The van der Waals surface area contributed by atoms with Crippen molar-refractivity contribution in [3.63, 3.8) is 0 Å². The number of aliphatic hydroxyl groups is 2. The number of hydrogen-bond acceptors (Lipinski definition) is 9. The van der Waals surface area contributed by atoms with Crippen molar-refractivity contribution in [1.82, 2.24) is 10.2 Å². The van der Waals surface area contributed by atoms with Gasteiger partial charge < -0.3 is 39.4 Å². The average molecular weight is 581 g/mol. The Balaban J connectivity index is 1.55. The van der Waals surface area contributed by atoms with Gasteiger partial charge in [-0.1, -0.05) is 12.1 Å². The SMILES string of the molecule is COc1cccc(CCN(C(=O)C2CCOC2)[C@@H]2C=C(C(=O)NCCO)[C@@H]3c4cc(C=O)cc(OC)c4O[C@@H]3[C@H]2O)c1. The largest absolute Gasteiger partial charge is 0.497 e. The molecular formula is C31H36N2O9. The summed E-state index contributed by atoms with van der Waals surface area (Å²) in [5.74, 6) is -0.429. The first kappa shape index (κ1) is 29.6. The third-order valence-corrected chi connectivity index (χ3v) is 8.11. The van der Waals surface area contributed by atoms with E-state index in [1.807, 2.05) is 24.3 Å². The predicted octanol–water partition coefficient (Wildman–Crippen LogP) is 1.25. The van der Waals surface area contributed by atoms with Gasteiger partial charge in [0.2, 0.25) is 11.8 Å². The summed E-state index contributed by atoms with van der Waals surface area (Å²) in [6.07, 6.45) is 1.19. The Labute approximate surface area is 244 Å². The minimum Gasteiger partial charge on any atom is -0.497 e. The molecule has 224 valence electrons. The number of rotatable bonds is 11. The van der Waals surface area contributed by atoms with E-state index in [4.69, 9.17) is 18.9 Å². The quantitative estimate of drug-likeness (QED) is 0.335. The van der Waals surface area contributed by atoms with Gasteiger partial charge in [0, 0.05) is 36.4 Å². The molecule has 3 aliphatic rings. The molecule has 5 atom stereocenters. The maximum atomic E-state index is 13.9. The summed E-state index contributed by atoms with van der Waals surface area (Å²) in [5, 5.41) is 23.9. The number of methoxy groups -OCH3 is 2. The van der Waals surface area contributed by atoms with Gasteiger partial charge in [0.05, 0.1) is 45.3 Å². The number of carbonyl (C=O) groups is 3. The van der Waals surface area contributed by atoms with Gasteiger partial charge in [0.25, 0.3) is 0 Å². The number of carbonyl (C=O) groups excluding carboxylic acids is 3. The summed E-state index contributed by atoms with van der Waals surface area (Å²) < 4.78 is 22.6. The van der Waals surface area contributed by atoms with E-state index in [1.54, 1.807) is 24.2 Å². The molecule has 0 radical (unpaired) electrons. The molecule has 0 aromatic heterocycles. The van der Waals surface area contributed by atoms with Crippen molar-refractivity contribution in [2.75, 3.05) is 47.1 Å². The Bertz CT molecular complexity index is 1350. The number of fused-ring (bicyclic) bond motifs is 3. The van der Waals surface area contributed by atoms with Crippen LogP contribution in [0.1, 0.15) is 33.8 Å². The summed E-state index contributed by atoms with van der Waals surface area (Å²) >= 11 is 0. The normalized spacial score (nSPS) is 24.1. The van der Waals surface area contributed by atoms with Gasteiger partial charge in [-0.2, -0.15) is 0 Å². The minimum absolute atomic E-state index is 0.0179. The smallest absolute Gasteiger partial charge is 0.247 e. The van der Waals surface area contributed by atoms with Crippen LogP contribution in [0.4, 0.5) is 0 Å². The van der Waals surface area contributed by atoms with Crippen molar-refractivity contribution in [2.24, 2.45) is 5.92 Å². The molecule has 2 aromatic rings. The Kier molecular flexibility index (Phi) is 9.10. The number of hydrogen-bond donors (Lipinski definition) is 3. The molecule has 3 N–H and O–H groups in total. The van der Waals surface area contributed by atoms with Crippen LogP contribution in [0.15, 0.2) is 48.0 Å². The number of ether oxygens (including phenoxy) is 4. The van der Waals surface area contributed by atoms with E-state index in [9.17, 15) is 24.6 Å².